The third-order valence-corrected chi connectivity index (χ3v) is 4.63. The van der Waals surface area contributed by atoms with Crippen LogP contribution >= 0.6 is 27.5 Å². The number of hydrogen-bond donors (Lipinski definition) is 1. The molecule has 1 unspecified atom stereocenters. The first kappa shape index (κ1) is 19.9. The summed E-state index contributed by atoms with van der Waals surface area (Å²) in [6, 6.07) is 3.52. The molecule has 0 aliphatic heterocycles. The van der Waals surface area contributed by atoms with Crippen molar-refractivity contribution in [2.24, 2.45) is 12.0 Å². The average molecular weight is 452 g/mol. The van der Waals surface area contributed by atoms with E-state index in [1.54, 1.807) is 17.8 Å². The summed E-state index contributed by atoms with van der Waals surface area (Å²) in [6.45, 7) is 1.34. The van der Waals surface area contributed by atoms with Crippen LogP contribution in [0.2, 0.25) is 5.02 Å². The van der Waals surface area contributed by atoms with Gasteiger partial charge >= 0.3 is 0 Å². The normalized spacial score (nSPS) is 14.4. The van der Waals surface area contributed by atoms with Crippen molar-refractivity contribution in [3.63, 3.8) is 0 Å². The molecule has 6 nitrogen and oxygen atoms in total. The second-order valence-corrected chi connectivity index (χ2v) is 8.49. The van der Waals surface area contributed by atoms with Gasteiger partial charge in [-0.2, -0.15) is 5.10 Å². The van der Waals surface area contributed by atoms with Crippen LogP contribution < -0.4 is 4.72 Å². The number of allylic oxidation sites excluding steroid dienone is 2. The van der Waals surface area contributed by atoms with Crippen LogP contribution in [0, 0.1) is 0 Å². The minimum absolute atomic E-state index is 0.183. The summed E-state index contributed by atoms with van der Waals surface area (Å²) < 4.78 is 40.4. The number of nitrogens with one attached hydrogen (secondary N) is 1. The highest BCUT2D eigenvalue weighted by atomic mass is 79.9. The lowest BCUT2D eigenvalue weighted by Crippen LogP contribution is -2.10. The number of nitrogens with zero attached hydrogens (tertiary/aromatic N) is 3. The summed E-state index contributed by atoms with van der Waals surface area (Å²) in [4.78, 5) is 3.65. The lowest BCUT2D eigenvalue weighted by molar-refractivity contribution is 0.377. The van der Waals surface area contributed by atoms with E-state index < -0.39 is 16.3 Å². The Balaban J connectivity index is 2.46. The molecule has 0 bridgehead atoms. The second-order valence-electron chi connectivity index (χ2n) is 5.42. The van der Waals surface area contributed by atoms with Gasteiger partial charge in [0.1, 0.15) is 0 Å². The second kappa shape index (κ2) is 7.84. The summed E-state index contributed by atoms with van der Waals surface area (Å²) in [5.74, 6) is 0.183. The number of sulfonamides is 1. The third kappa shape index (κ3) is 5.26. The number of benzene rings is 1. The van der Waals surface area contributed by atoms with Crippen molar-refractivity contribution >= 4 is 60.5 Å². The van der Waals surface area contributed by atoms with Crippen LogP contribution in [0.3, 0.4) is 0 Å². The molecule has 0 fully saturated rings. The predicted octanol–water partition coefficient (Wildman–Crippen LogP) is 3.81. The summed E-state index contributed by atoms with van der Waals surface area (Å²) in [6.07, 6.45) is 3.50. The molecule has 0 saturated heterocycles. The molecule has 1 aromatic heterocycles. The predicted molar refractivity (Wildman–Crippen MR) is 104 cm³/mol. The van der Waals surface area contributed by atoms with Gasteiger partial charge in [0.05, 0.1) is 22.2 Å². The fraction of sp³-hybridized carbons (Fsp3) is 0.333. The number of anilines is 1. The van der Waals surface area contributed by atoms with Crippen LogP contribution in [0.25, 0.3) is 10.9 Å². The average Bonchev–Trinajstić information content (AvgIpc) is 2.80. The number of hydrogen-bond acceptors (Lipinski definition) is 4. The highest BCUT2D eigenvalue weighted by molar-refractivity contribution is 9.12. The Labute approximate surface area is 158 Å². The molecular formula is C15H17BrClFN4O2S. The fourth-order valence-corrected chi connectivity index (χ4v) is 3.32. The van der Waals surface area contributed by atoms with Gasteiger partial charge in [-0.1, -0.05) is 23.7 Å². The molecule has 2 aromatic rings. The number of aryl methyl sites for hydroxylation is 1. The van der Waals surface area contributed by atoms with Gasteiger partial charge in [0, 0.05) is 17.7 Å². The van der Waals surface area contributed by atoms with Crippen LogP contribution in [0.5, 0.6) is 0 Å². The summed E-state index contributed by atoms with van der Waals surface area (Å²) in [5.41, 5.74) is 1.60. The zero-order chi connectivity index (χ0) is 18.8. The molecule has 1 N–H and O–H groups in total. The van der Waals surface area contributed by atoms with Crippen molar-refractivity contribution in [1.82, 2.24) is 9.78 Å². The first-order chi connectivity index (χ1) is 11.6. The summed E-state index contributed by atoms with van der Waals surface area (Å²) >= 11 is 9.56. The molecule has 1 atom stereocenters. The SMILES string of the molecule is CC(F)N=C/C(Br)=C\Cc1ccc(Cl)c2c(NS(C)(=O)=O)nn(C)c12. The molecular weight excluding hydrogens is 435 g/mol. The maximum absolute atomic E-state index is 12.7. The van der Waals surface area contributed by atoms with E-state index in [-0.39, 0.29) is 5.82 Å². The Morgan fingerprint density at radius 1 is 1.56 bits per heavy atom. The van der Waals surface area contributed by atoms with Crippen LogP contribution in [-0.4, -0.2) is 37.0 Å². The van der Waals surface area contributed by atoms with Crippen LogP contribution in [0.1, 0.15) is 12.5 Å². The Bertz CT molecular complexity index is 954. The Morgan fingerprint density at radius 3 is 2.84 bits per heavy atom. The van der Waals surface area contributed by atoms with Gasteiger partial charge in [-0.05, 0) is 40.9 Å². The minimum atomic E-state index is -3.48. The largest absolute Gasteiger partial charge is 0.266 e. The molecule has 10 heteroatoms. The maximum Gasteiger partial charge on any atom is 0.231 e. The minimum Gasteiger partial charge on any atom is -0.266 e. The van der Waals surface area contributed by atoms with E-state index in [0.717, 1.165) is 11.8 Å². The highest BCUT2D eigenvalue weighted by Gasteiger charge is 2.17. The van der Waals surface area contributed by atoms with Gasteiger partial charge in [0.2, 0.25) is 10.0 Å². The van der Waals surface area contributed by atoms with Gasteiger partial charge < -0.3 is 0 Å². The van der Waals surface area contributed by atoms with Crippen LogP contribution in [0.4, 0.5) is 10.2 Å². The number of alkyl halides is 1. The topological polar surface area (TPSA) is 76.3 Å². The summed E-state index contributed by atoms with van der Waals surface area (Å²) in [7, 11) is -1.77. The zero-order valence-corrected chi connectivity index (χ0v) is 17.0. The molecule has 136 valence electrons. The van der Waals surface area contributed by atoms with Crippen molar-refractivity contribution in [3.05, 3.63) is 33.3 Å². The van der Waals surface area contributed by atoms with Gasteiger partial charge in [-0.3, -0.25) is 14.4 Å². The van der Waals surface area contributed by atoms with Crippen molar-refractivity contribution in [2.75, 3.05) is 11.0 Å². The first-order valence-electron chi connectivity index (χ1n) is 7.23. The number of rotatable bonds is 6. The molecule has 1 heterocycles. The zero-order valence-electron chi connectivity index (χ0n) is 13.8. The molecule has 0 amide bonds. The maximum atomic E-state index is 12.7. The molecule has 0 aliphatic carbocycles. The number of fused-ring (bicyclic) bond motifs is 1. The molecule has 0 aliphatic rings. The molecule has 0 radical (unpaired) electrons. The van der Waals surface area contributed by atoms with Gasteiger partial charge in [-0.25, -0.2) is 12.8 Å². The lowest BCUT2D eigenvalue weighted by Gasteiger charge is -2.05. The van der Waals surface area contributed by atoms with E-state index in [9.17, 15) is 12.8 Å². The van der Waals surface area contributed by atoms with Crippen molar-refractivity contribution in [2.45, 2.75) is 19.6 Å². The van der Waals surface area contributed by atoms with E-state index in [4.69, 9.17) is 11.6 Å². The molecule has 2 rings (SSSR count). The fourth-order valence-electron chi connectivity index (χ4n) is 2.30. The summed E-state index contributed by atoms with van der Waals surface area (Å²) in [5, 5.41) is 5.14. The van der Waals surface area contributed by atoms with Crippen molar-refractivity contribution < 1.29 is 12.8 Å². The van der Waals surface area contributed by atoms with Crippen LogP contribution in [-0.2, 0) is 23.5 Å². The Kier molecular flexibility index (Phi) is 6.23. The highest BCUT2D eigenvalue weighted by Crippen LogP contribution is 2.33. The third-order valence-electron chi connectivity index (χ3n) is 3.22. The van der Waals surface area contributed by atoms with E-state index in [1.807, 2.05) is 12.1 Å². The number of halogens is 3. The molecule has 0 spiro atoms. The molecule has 1 aromatic carbocycles. The Morgan fingerprint density at radius 2 is 2.24 bits per heavy atom. The van der Waals surface area contributed by atoms with Crippen molar-refractivity contribution in [3.8, 4) is 0 Å². The quantitative estimate of drug-likeness (QED) is 0.536. The van der Waals surface area contributed by atoms with E-state index >= 15 is 0 Å². The van der Waals surface area contributed by atoms with Gasteiger partial charge in [0.25, 0.3) is 0 Å². The van der Waals surface area contributed by atoms with E-state index in [1.165, 1.54) is 13.1 Å². The monoisotopic (exact) mass is 450 g/mol. The molecule has 25 heavy (non-hydrogen) atoms. The Hall–Kier alpha value is -1.45. The van der Waals surface area contributed by atoms with Gasteiger partial charge in [0.15, 0.2) is 12.1 Å². The molecule has 0 saturated carbocycles. The van der Waals surface area contributed by atoms with Crippen molar-refractivity contribution in [1.29, 1.82) is 0 Å². The van der Waals surface area contributed by atoms with Crippen LogP contribution in [0.15, 0.2) is 27.7 Å². The number of aliphatic imine (C=N–C) groups is 1. The smallest absolute Gasteiger partial charge is 0.231 e. The first-order valence-corrected chi connectivity index (χ1v) is 10.3. The standard InChI is InChI=1S/C15H17BrClFN4O2S/c1-9(18)19-8-11(16)6-4-10-5-7-12(17)13-14(10)22(2)20-15(13)21-25(3,23)24/h5-9H,4H2,1-3H3,(H,20,21)/b11-6+,19-8?. The van der Waals surface area contributed by atoms with E-state index in [2.05, 4.69) is 30.7 Å². The lowest BCUT2D eigenvalue weighted by atomic mass is 10.1. The van der Waals surface area contributed by atoms with Gasteiger partial charge in [-0.15, -0.1) is 0 Å². The number of aromatic nitrogens is 2. The van der Waals surface area contributed by atoms with E-state index in [0.29, 0.717) is 26.8 Å².